The summed E-state index contributed by atoms with van der Waals surface area (Å²) >= 11 is 0. The average molecular weight is 534 g/mol. The van der Waals surface area contributed by atoms with E-state index in [1.54, 1.807) is 54.2 Å². The molecule has 8 nitrogen and oxygen atoms in total. The molecule has 4 rings (SSSR count). The van der Waals surface area contributed by atoms with Crippen LogP contribution in [0, 0.1) is 12.7 Å². The Balaban J connectivity index is 1.61. The van der Waals surface area contributed by atoms with Crippen LogP contribution in [-0.2, 0) is 9.53 Å². The van der Waals surface area contributed by atoms with Gasteiger partial charge in [-0.3, -0.25) is 19.3 Å². The average Bonchev–Trinajstić information content (AvgIpc) is 3.07. The van der Waals surface area contributed by atoms with Crippen LogP contribution in [0.3, 0.4) is 0 Å². The first-order chi connectivity index (χ1) is 18.7. The van der Waals surface area contributed by atoms with E-state index < -0.39 is 17.9 Å². The molecular weight excluding hydrogens is 501 g/mol. The van der Waals surface area contributed by atoms with Crippen molar-refractivity contribution in [2.75, 3.05) is 44.5 Å². The van der Waals surface area contributed by atoms with Crippen LogP contribution in [0.15, 0.2) is 60.7 Å². The van der Waals surface area contributed by atoms with Crippen molar-refractivity contribution in [1.82, 2.24) is 4.90 Å². The number of ether oxygens (including phenoxy) is 2. The van der Waals surface area contributed by atoms with Crippen molar-refractivity contribution in [3.8, 4) is 5.75 Å². The number of carbonyl (C=O) groups is 3. The van der Waals surface area contributed by atoms with Gasteiger partial charge in [0.2, 0.25) is 0 Å². The van der Waals surface area contributed by atoms with E-state index in [9.17, 15) is 18.8 Å². The highest BCUT2D eigenvalue weighted by Crippen LogP contribution is 2.37. The smallest absolute Gasteiger partial charge is 0.320 e. The van der Waals surface area contributed by atoms with Crippen molar-refractivity contribution >= 4 is 29.2 Å². The fraction of sp³-hybridized carbons (Fsp3) is 0.300. The third kappa shape index (κ3) is 6.43. The van der Waals surface area contributed by atoms with Crippen molar-refractivity contribution in [2.24, 2.45) is 0 Å². The van der Waals surface area contributed by atoms with Gasteiger partial charge in [0.15, 0.2) is 0 Å². The van der Waals surface area contributed by atoms with Crippen molar-refractivity contribution in [1.29, 1.82) is 0 Å². The quantitative estimate of drug-likeness (QED) is 0.431. The van der Waals surface area contributed by atoms with Gasteiger partial charge < -0.3 is 19.7 Å². The van der Waals surface area contributed by atoms with Gasteiger partial charge in [0.1, 0.15) is 17.7 Å². The zero-order valence-electron chi connectivity index (χ0n) is 22.5. The lowest BCUT2D eigenvalue weighted by Crippen LogP contribution is -2.32. The van der Waals surface area contributed by atoms with Crippen LogP contribution in [-0.4, -0.2) is 57.0 Å². The van der Waals surface area contributed by atoms with E-state index >= 15 is 0 Å². The Bertz CT molecular complexity index is 1390. The Morgan fingerprint density at radius 1 is 1.05 bits per heavy atom. The molecule has 0 saturated heterocycles. The zero-order valence-corrected chi connectivity index (χ0v) is 22.5. The number of nitrogens with zero attached hydrogens (tertiary/aromatic N) is 2. The number of halogens is 1. The van der Waals surface area contributed by atoms with Crippen LogP contribution < -0.4 is 15.0 Å². The van der Waals surface area contributed by atoms with Crippen molar-refractivity contribution in [3.05, 3.63) is 88.7 Å². The normalized spacial score (nSPS) is 14.8. The fourth-order valence-corrected chi connectivity index (χ4v) is 4.64. The maximum absolute atomic E-state index is 14.3. The number of anilines is 2. The Hall–Kier alpha value is -4.24. The number of hydrogen-bond acceptors (Lipinski definition) is 6. The summed E-state index contributed by atoms with van der Waals surface area (Å²) in [6.07, 6.45) is 0.303. The Morgan fingerprint density at radius 2 is 1.82 bits per heavy atom. The second-order valence-corrected chi connectivity index (χ2v) is 9.70. The molecule has 0 radical (unpaired) electrons. The first kappa shape index (κ1) is 27.8. The third-order valence-corrected chi connectivity index (χ3v) is 6.52. The van der Waals surface area contributed by atoms with E-state index in [0.717, 1.165) is 5.56 Å². The molecule has 1 aliphatic rings. The minimum absolute atomic E-state index is 0.0910. The van der Waals surface area contributed by atoms with Crippen molar-refractivity contribution in [3.63, 3.8) is 0 Å². The largest absolute Gasteiger partial charge is 0.496 e. The molecule has 0 aliphatic carbocycles. The summed E-state index contributed by atoms with van der Waals surface area (Å²) < 4.78 is 25.5. The summed E-state index contributed by atoms with van der Waals surface area (Å²) in [4.78, 5) is 42.2. The standard InChI is InChI=1S/C30H32FN3O5/c1-19-8-5-6-9-22(19)29(36)32-21-12-13-23(27(17-21)38-4)30(37)34-15-7-10-26(39-28(35)18-33(2)3)24-16-20(31)11-14-25(24)34/h5-6,8-9,11-14,16-17,26H,7,10,15,18H2,1-4H3,(H,32,36). The topological polar surface area (TPSA) is 88.2 Å². The molecule has 3 aromatic rings. The van der Waals surface area contributed by atoms with Crippen LogP contribution in [0.4, 0.5) is 15.8 Å². The molecule has 9 heteroatoms. The molecule has 39 heavy (non-hydrogen) atoms. The summed E-state index contributed by atoms with van der Waals surface area (Å²) in [7, 11) is 4.97. The van der Waals surface area contributed by atoms with E-state index in [-0.39, 0.29) is 29.7 Å². The highest BCUT2D eigenvalue weighted by molar-refractivity contribution is 6.09. The third-order valence-electron chi connectivity index (χ3n) is 6.52. The molecule has 3 aromatic carbocycles. The molecule has 1 unspecified atom stereocenters. The number of nitrogens with one attached hydrogen (secondary N) is 1. The number of benzene rings is 3. The fourth-order valence-electron chi connectivity index (χ4n) is 4.64. The maximum atomic E-state index is 14.3. The molecule has 0 fully saturated rings. The molecule has 0 saturated carbocycles. The number of hydrogen-bond donors (Lipinski definition) is 1. The number of carbonyl (C=O) groups excluding carboxylic acids is 3. The number of aryl methyl sites for hydroxylation is 1. The van der Waals surface area contributed by atoms with Crippen LogP contribution in [0.1, 0.15) is 50.8 Å². The molecule has 2 amide bonds. The summed E-state index contributed by atoms with van der Waals surface area (Å²) in [6, 6.07) is 16.2. The number of fused-ring (bicyclic) bond motifs is 1. The molecule has 0 spiro atoms. The SMILES string of the molecule is COc1cc(NC(=O)c2ccccc2C)ccc1C(=O)N1CCCC(OC(=O)CN(C)C)c2cc(F)ccc21. The maximum Gasteiger partial charge on any atom is 0.320 e. The predicted octanol–water partition coefficient (Wildman–Crippen LogP) is 4.98. The van der Waals surface area contributed by atoms with Gasteiger partial charge in [-0.15, -0.1) is 0 Å². The molecule has 0 bridgehead atoms. The minimum Gasteiger partial charge on any atom is -0.496 e. The highest BCUT2D eigenvalue weighted by Gasteiger charge is 2.31. The summed E-state index contributed by atoms with van der Waals surface area (Å²) in [6.45, 7) is 2.29. The van der Waals surface area contributed by atoms with Gasteiger partial charge in [-0.2, -0.15) is 0 Å². The van der Waals surface area contributed by atoms with Crippen LogP contribution >= 0.6 is 0 Å². The Labute approximate surface area is 227 Å². The van der Waals surface area contributed by atoms with E-state index in [2.05, 4.69) is 5.32 Å². The van der Waals surface area contributed by atoms with E-state index in [1.165, 1.54) is 25.3 Å². The lowest BCUT2D eigenvalue weighted by Gasteiger charge is -2.25. The Kier molecular flexibility index (Phi) is 8.61. The summed E-state index contributed by atoms with van der Waals surface area (Å²) in [5.74, 6) is -1.25. The van der Waals surface area contributed by atoms with Gasteiger partial charge >= 0.3 is 5.97 Å². The van der Waals surface area contributed by atoms with Gasteiger partial charge in [0.05, 0.1) is 24.9 Å². The van der Waals surface area contributed by atoms with Gasteiger partial charge in [0, 0.05) is 29.4 Å². The Morgan fingerprint density at radius 3 is 2.54 bits per heavy atom. The predicted molar refractivity (Wildman–Crippen MR) is 147 cm³/mol. The van der Waals surface area contributed by atoms with Gasteiger partial charge in [-0.25, -0.2) is 4.39 Å². The van der Waals surface area contributed by atoms with Gasteiger partial charge in [0.25, 0.3) is 11.8 Å². The van der Waals surface area contributed by atoms with Crippen LogP contribution in [0.25, 0.3) is 0 Å². The lowest BCUT2D eigenvalue weighted by molar-refractivity contribution is -0.150. The number of amides is 2. The molecule has 1 atom stereocenters. The monoisotopic (exact) mass is 533 g/mol. The highest BCUT2D eigenvalue weighted by atomic mass is 19.1. The minimum atomic E-state index is -0.679. The van der Waals surface area contributed by atoms with E-state index in [1.807, 2.05) is 19.1 Å². The van der Waals surface area contributed by atoms with Gasteiger partial charge in [-0.1, -0.05) is 18.2 Å². The first-order valence-corrected chi connectivity index (χ1v) is 12.7. The molecular formula is C30H32FN3O5. The summed E-state index contributed by atoms with van der Waals surface area (Å²) in [5, 5.41) is 2.85. The van der Waals surface area contributed by atoms with Crippen LogP contribution in [0.2, 0.25) is 0 Å². The van der Waals surface area contributed by atoms with Crippen LogP contribution in [0.5, 0.6) is 5.75 Å². The van der Waals surface area contributed by atoms with E-state index in [0.29, 0.717) is 41.9 Å². The number of esters is 1. The zero-order chi connectivity index (χ0) is 28.1. The first-order valence-electron chi connectivity index (χ1n) is 12.7. The number of likely N-dealkylation sites (N-methyl/N-ethyl adjacent to an activating group) is 1. The second kappa shape index (κ2) is 12.1. The second-order valence-electron chi connectivity index (χ2n) is 9.70. The van der Waals surface area contributed by atoms with E-state index in [4.69, 9.17) is 9.47 Å². The number of methoxy groups -OCH3 is 1. The molecule has 1 N–H and O–H groups in total. The lowest BCUT2D eigenvalue weighted by atomic mass is 10.0. The van der Waals surface area contributed by atoms with Crippen molar-refractivity contribution < 1.29 is 28.2 Å². The van der Waals surface area contributed by atoms with Gasteiger partial charge in [-0.05, 0) is 75.8 Å². The molecule has 1 heterocycles. The molecule has 0 aromatic heterocycles. The van der Waals surface area contributed by atoms with Crippen molar-refractivity contribution in [2.45, 2.75) is 25.9 Å². The summed E-state index contributed by atoms with van der Waals surface area (Å²) in [5.41, 5.74) is 3.06. The molecule has 204 valence electrons. The number of rotatable bonds is 7. The molecule has 1 aliphatic heterocycles.